The number of piperidine rings is 1. The molecule has 1 aliphatic heterocycles. The van der Waals surface area contributed by atoms with Crippen LogP contribution in [0, 0.1) is 11.6 Å². The van der Waals surface area contributed by atoms with E-state index in [1.807, 2.05) is 4.57 Å². The Morgan fingerprint density at radius 1 is 1.14 bits per heavy atom. The van der Waals surface area contributed by atoms with Gasteiger partial charge in [-0.3, -0.25) is 4.90 Å². The minimum Gasteiger partial charge on any atom is -0.395 e. The Labute approximate surface area is 168 Å². The number of aryl methyl sites for hydroxylation is 1. The van der Waals surface area contributed by atoms with Crippen LogP contribution in [0.5, 0.6) is 0 Å². The highest BCUT2D eigenvalue weighted by molar-refractivity contribution is 5.75. The second-order valence-corrected chi connectivity index (χ2v) is 7.42. The van der Waals surface area contributed by atoms with Crippen molar-refractivity contribution in [3.63, 3.8) is 0 Å². The molecule has 1 atom stereocenters. The number of H-pyrrole nitrogens is 1. The predicted octanol–water partition coefficient (Wildman–Crippen LogP) is 3.46. The third-order valence-corrected chi connectivity index (χ3v) is 5.56. The number of aliphatic hydroxyl groups is 1. The molecular formula is C21H25F2N5O. The SMILES string of the molecule is OCC1CCCCN1CCCn1cnc(-c2ccc(F)c(F)c2)c1-c1ncc[nH]1. The van der Waals surface area contributed by atoms with Crippen LogP contribution in [-0.2, 0) is 6.54 Å². The fourth-order valence-electron chi connectivity index (χ4n) is 4.05. The lowest BCUT2D eigenvalue weighted by atomic mass is 10.0. The van der Waals surface area contributed by atoms with Gasteiger partial charge >= 0.3 is 0 Å². The summed E-state index contributed by atoms with van der Waals surface area (Å²) in [5, 5.41) is 9.59. The number of hydrogen-bond donors (Lipinski definition) is 2. The number of likely N-dealkylation sites (tertiary alicyclic amines) is 1. The summed E-state index contributed by atoms with van der Waals surface area (Å²) in [4.78, 5) is 14.3. The maximum absolute atomic E-state index is 13.8. The summed E-state index contributed by atoms with van der Waals surface area (Å²) in [6.45, 7) is 2.81. The van der Waals surface area contributed by atoms with Gasteiger partial charge in [-0.2, -0.15) is 0 Å². The molecule has 0 radical (unpaired) electrons. The molecule has 4 rings (SSSR count). The first-order valence-corrected chi connectivity index (χ1v) is 10.0. The molecule has 3 aromatic rings. The average molecular weight is 401 g/mol. The van der Waals surface area contributed by atoms with E-state index in [9.17, 15) is 13.9 Å². The van der Waals surface area contributed by atoms with Gasteiger partial charge in [0, 0.05) is 37.1 Å². The molecule has 0 saturated carbocycles. The van der Waals surface area contributed by atoms with E-state index >= 15 is 0 Å². The number of aromatic amines is 1. The van der Waals surface area contributed by atoms with Crippen LogP contribution in [0.2, 0.25) is 0 Å². The first-order chi connectivity index (χ1) is 14.2. The normalized spacial score (nSPS) is 17.7. The molecule has 6 nitrogen and oxygen atoms in total. The first kappa shape index (κ1) is 19.7. The van der Waals surface area contributed by atoms with Crippen molar-refractivity contribution in [3.05, 3.63) is 48.6 Å². The van der Waals surface area contributed by atoms with Crippen molar-refractivity contribution in [2.24, 2.45) is 0 Å². The molecule has 1 aliphatic rings. The summed E-state index contributed by atoms with van der Waals surface area (Å²) in [5.41, 5.74) is 1.81. The molecule has 1 fully saturated rings. The lowest BCUT2D eigenvalue weighted by molar-refractivity contribution is 0.0882. The number of halogens is 2. The molecule has 2 N–H and O–H groups in total. The van der Waals surface area contributed by atoms with Crippen LogP contribution in [0.4, 0.5) is 8.78 Å². The molecule has 3 heterocycles. The molecule has 1 saturated heterocycles. The van der Waals surface area contributed by atoms with E-state index in [0.29, 0.717) is 23.6 Å². The summed E-state index contributed by atoms with van der Waals surface area (Å²) < 4.78 is 29.1. The molecule has 154 valence electrons. The molecule has 0 amide bonds. The van der Waals surface area contributed by atoms with Gasteiger partial charge in [0.1, 0.15) is 5.69 Å². The molecule has 0 bridgehead atoms. The van der Waals surface area contributed by atoms with E-state index in [0.717, 1.165) is 43.8 Å². The van der Waals surface area contributed by atoms with Crippen molar-refractivity contribution in [2.75, 3.05) is 19.7 Å². The Morgan fingerprint density at radius 2 is 2.03 bits per heavy atom. The van der Waals surface area contributed by atoms with Crippen LogP contribution in [0.3, 0.4) is 0 Å². The van der Waals surface area contributed by atoms with E-state index in [1.165, 1.54) is 18.9 Å². The Balaban J connectivity index is 1.56. The van der Waals surface area contributed by atoms with Gasteiger partial charge in [-0.25, -0.2) is 18.7 Å². The quantitative estimate of drug-likeness (QED) is 0.636. The van der Waals surface area contributed by atoms with Gasteiger partial charge in [0.15, 0.2) is 17.5 Å². The summed E-state index contributed by atoms with van der Waals surface area (Å²) in [5.74, 6) is -1.15. The van der Waals surface area contributed by atoms with Gasteiger partial charge in [-0.15, -0.1) is 0 Å². The van der Waals surface area contributed by atoms with Crippen molar-refractivity contribution in [2.45, 2.75) is 38.3 Å². The Hall–Kier alpha value is -2.58. The second kappa shape index (κ2) is 8.84. The molecule has 1 unspecified atom stereocenters. The Bertz CT molecular complexity index is 941. The fourth-order valence-corrected chi connectivity index (χ4v) is 4.05. The fraction of sp³-hybridized carbons (Fsp3) is 0.429. The van der Waals surface area contributed by atoms with Crippen LogP contribution < -0.4 is 0 Å². The van der Waals surface area contributed by atoms with Crippen molar-refractivity contribution in [1.29, 1.82) is 0 Å². The van der Waals surface area contributed by atoms with Gasteiger partial charge in [-0.05, 0) is 44.0 Å². The second-order valence-electron chi connectivity index (χ2n) is 7.42. The first-order valence-electron chi connectivity index (χ1n) is 10.0. The zero-order chi connectivity index (χ0) is 20.2. The third-order valence-electron chi connectivity index (χ3n) is 5.56. The van der Waals surface area contributed by atoms with Crippen molar-refractivity contribution < 1.29 is 13.9 Å². The lowest BCUT2D eigenvalue weighted by Gasteiger charge is -2.34. The molecule has 2 aromatic heterocycles. The number of benzene rings is 1. The van der Waals surface area contributed by atoms with Gasteiger partial charge in [0.25, 0.3) is 0 Å². The minimum absolute atomic E-state index is 0.197. The summed E-state index contributed by atoms with van der Waals surface area (Å²) in [7, 11) is 0. The van der Waals surface area contributed by atoms with E-state index in [1.54, 1.807) is 18.7 Å². The number of aliphatic hydroxyl groups excluding tert-OH is 1. The van der Waals surface area contributed by atoms with Crippen molar-refractivity contribution >= 4 is 0 Å². The van der Waals surface area contributed by atoms with Gasteiger partial charge in [0.05, 0.1) is 18.6 Å². The highest BCUT2D eigenvalue weighted by Gasteiger charge is 2.22. The van der Waals surface area contributed by atoms with Gasteiger partial charge in [-0.1, -0.05) is 6.42 Å². The van der Waals surface area contributed by atoms with Gasteiger partial charge in [0.2, 0.25) is 0 Å². The summed E-state index contributed by atoms with van der Waals surface area (Å²) in [6, 6.07) is 4.04. The minimum atomic E-state index is -0.900. The lowest BCUT2D eigenvalue weighted by Crippen LogP contribution is -2.42. The van der Waals surface area contributed by atoms with Crippen LogP contribution in [0.15, 0.2) is 36.9 Å². The Morgan fingerprint density at radius 3 is 2.79 bits per heavy atom. The highest BCUT2D eigenvalue weighted by atomic mass is 19.2. The topological polar surface area (TPSA) is 70.0 Å². The predicted molar refractivity (Wildman–Crippen MR) is 106 cm³/mol. The van der Waals surface area contributed by atoms with E-state index in [4.69, 9.17) is 0 Å². The number of nitrogens with zero attached hydrogens (tertiary/aromatic N) is 4. The maximum atomic E-state index is 13.8. The molecule has 29 heavy (non-hydrogen) atoms. The molecule has 1 aromatic carbocycles. The number of nitrogens with one attached hydrogen (secondary N) is 1. The number of imidazole rings is 2. The zero-order valence-corrected chi connectivity index (χ0v) is 16.2. The third kappa shape index (κ3) is 4.23. The van der Waals surface area contributed by atoms with E-state index < -0.39 is 11.6 Å². The van der Waals surface area contributed by atoms with Crippen molar-refractivity contribution in [3.8, 4) is 22.8 Å². The van der Waals surface area contributed by atoms with Crippen LogP contribution in [0.1, 0.15) is 25.7 Å². The van der Waals surface area contributed by atoms with Crippen LogP contribution in [0.25, 0.3) is 22.8 Å². The largest absolute Gasteiger partial charge is 0.395 e. The highest BCUT2D eigenvalue weighted by Crippen LogP contribution is 2.30. The molecule has 0 spiro atoms. The zero-order valence-electron chi connectivity index (χ0n) is 16.2. The standard InChI is InChI=1S/C21H25F2N5O/c22-17-6-5-15(12-18(17)23)19-20(21-24-7-8-25-21)28(14-26-19)11-3-10-27-9-2-1-4-16(27)13-29/h5-8,12,14,16,29H,1-4,9-11,13H2,(H,24,25). The van der Waals surface area contributed by atoms with E-state index in [-0.39, 0.29) is 12.6 Å². The monoisotopic (exact) mass is 401 g/mol. The average Bonchev–Trinajstić information content (AvgIpc) is 3.40. The van der Waals surface area contributed by atoms with Crippen LogP contribution >= 0.6 is 0 Å². The van der Waals surface area contributed by atoms with Crippen molar-refractivity contribution in [1.82, 2.24) is 24.4 Å². The molecule has 8 heteroatoms. The molecule has 0 aliphatic carbocycles. The van der Waals surface area contributed by atoms with Gasteiger partial charge < -0.3 is 14.7 Å². The maximum Gasteiger partial charge on any atom is 0.159 e. The molecular weight excluding hydrogens is 376 g/mol. The van der Waals surface area contributed by atoms with Crippen LogP contribution in [-0.4, -0.2) is 55.3 Å². The number of hydrogen-bond acceptors (Lipinski definition) is 4. The van der Waals surface area contributed by atoms with E-state index in [2.05, 4.69) is 19.9 Å². The summed E-state index contributed by atoms with van der Waals surface area (Å²) >= 11 is 0. The summed E-state index contributed by atoms with van der Waals surface area (Å²) in [6.07, 6.45) is 9.36. The Kier molecular flexibility index (Phi) is 6.01. The number of rotatable bonds is 7. The number of aromatic nitrogens is 4. The smallest absolute Gasteiger partial charge is 0.159 e.